The number of halogens is 2. The first kappa shape index (κ1) is 12.6. The molecule has 2 N–H and O–H groups in total. The molecule has 2 aromatic carbocycles. The Labute approximate surface area is 122 Å². The van der Waals surface area contributed by atoms with Crippen LogP contribution in [-0.4, -0.2) is 0 Å². The number of hydrogen-bond donors (Lipinski definition) is 1. The van der Waals surface area contributed by atoms with E-state index in [1.165, 1.54) is 16.7 Å². The highest BCUT2D eigenvalue weighted by Gasteiger charge is 2.16. The number of benzene rings is 2. The van der Waals surface area contributed by atoms with Crippen LogP contribution in [-0.2, 0) is 6.42 Å². The van der Waals surface area contributed by atoms with E-state index in [2.05, 4.69) is 18.2 Å². The maximum absolute atomic E-state index is 6.23. The summed E-state index contributed by atoms with van der Waals surface area (Å²) in [6, 6.07) is 11.8. The van der Waals surface area contributed by atoms with Gasteiger partial charge in [-0.3, -0.25) is 0 Å². The van der Waals surface area contributed by atoms with Crippen LogP contribution in [0.4, 0.5) is 5.69 Å². The minimum Gasteiger partial charge on any atom is -0.399 e. The third-order valence-corrected chi connectivity index (χ3v) is 4.28. The van der Waals surface area contributed by atoms with Crippen LogP contribution in [0.15, 0.2) is 36.4 Å². The van der Waals surface area contributed by atoms with E-state index in [1.54, 1.807) is 6.07 Å². The van der Waals surface area contributed by atoms with Gasteiger partial charge in [-0.2, -0.15) is 0 Å². The summed E-state index contributed by atoms with van der Waals surface area (Å²) in [5.74, 6) is 0. The van der Waals surface area contributed by atoms with Crippen LogP contribution in [0.3, 0.4) is 0 Å². The average molecular weight is 290 g/mol. The fraction of sp³-hybridized carbons (Fsp3) is 0.125. The van der Waals surface area contributed by atoms with Crippen LogP contribution in [0.2, 0.25) is 10.0 Å². The Morgan fingerprint density at radius 2 is 1.89 bits per heavy atom. The highest BCUT2D eigenvalue weighted by molar-refractivity contribution is 6.43. The SMILES string of the molecule is Nc1ccc2c(c1)CC/C2=C\c1cccc(Cl)c1Cl. The van der Waals surface area contributed by atoms with Crippen molar-refractivity contribution in [2.45, 2.75) is 12.8 Å². The molecule has 0 bridgehead atoms. The maximum Gasteiger partial charge on any atom is 0.0664 e. The number of fused-ring (bicyclic) bond motifs is 1. The number of hydrogen-bond acceptors (Lipinski definition) is 1. The molecule has 2 aromatic rings. The second-order valence-corrected chi connectivity index (χ2v) is 5.51. The third kappa shape index (κ3) is 2.36. The first-order valence-electron chi connectivity index (χ1n) is 6.18. The van der Waals surface area contributed by atoms with Crippen LogP contribution in [0.5, 0.6) is 0 Å². The summed E-state index contributed by atoms with van der Waals surface area (Å²) in [6.45, 7) is 0. The van der Waals surface area contributed by atoms with Crippen molar-refractivity contribution in [3.63, 3.8) is 0 Å². The Morgan fingerprint density at radius 1 is 1.05 bits per heavy atom. The molecule has 0 aromatic heterocycles. The lowest BCUT2D eigenvalue weighted by Crippen LogP contribution is -1.87. The van der Waals surface area contributed by atoms with Gasteiger partial charge in [0.1, 0.15) is 0 Å². The van der Waals surface area contributed by atoms with Gasteiger partial charge in [-0.1, -0.05) is 41.4 Å². The van der Waals surface area contributed by atoms with E-state index < -0.39 is 0 Å². The monoisotopic (exact) mass is 289 g/mol. The molecule has 3 heteroatoms. The van der Waals surface area contributed by atoms with Gasteiger partial charge in [0.15, 0.2) is 0 Å². The predicted octanol–water partition coefficient (Wildman–Crippen LogP) is 5.06. The highest BCUT2D eigenvalue weighted by Crippen LogP contribution is 2.36. The molecular weight excluding hydrogens is 277 g/mol. The summed E-state index contributed by atoms with van der Waals surface area (Å²) < 4.78 is 0. The van der Waals surface area contributed by atoms with E-state index >= 15 is 0 Å². The first-order chi connectivity index (χ1) is 9.15. The van der Waals surface area contributed by atoms with E-state index in [4.69, 9.17) is 28.9 Å². The van der Waals surface area contributed by atoms with Gasteiger partial charge in [0, 0.05) is 5.69 Å². The van der Waals surface area contributed by atoms with Crippen LogP contribution >= 0.6 is 23.2 Å². The molecule has 0 unspecified atom stereocenters. The standard InChI is InChI=1S/C16H13Cl2N/c17-15-3-1-2-12(16(15)18)8-10-4-5-11-9-13(19)6-7-14(10)11/h1-3,6-9H,4-5,19H2/b10-8+. The Hall–Kier alpha value is -1.44. The second kappa shape index (κ2) is 4.92. The summed E-state index contributed by atoms with van der Waals surface area (Å²) in [5, 5.41) is 1.20. The summed E-state index contributed by atoms with van der Waals surface area (Å²) in [4.78, 5) is 0. The van der Waals surface area contributed by atoms with Gasteiger partial charge in [0.05, 0.1) is 10.0 Å². The first-order valence-corrected chi connectivity index (χ1v) is 6.94. The van der Waals surface area contributed by atoms with Gasteiger partial charge in [-0.15, -0.1) is 0 Å². The van der Waals surface area contributed by atoms with Gasteiger partial charge in [0.2, 0.25) is 0 Å². The molecule has 0 spiro atoms. The average Bonchev–Trinajstić information content (AvgIpc) is 2.77. The largest absolute Gasteiger partial charge is 0.399 e. The van der Waals surface area contributed by atoms with Crippen molar-refractivity contribution in [2.24, 2.45) is 0 Å². The van der Waals surface area contributed by atoms with Crippen LogP contribution in [0.25, 0.3) is 11.6 Å². The van der Waals surface area contributed by atoms with Gasteiger partial charge < -0.3 is 5.73 Å². The zero-order valence-corrected chi connectivity index (χ0v) is 11.8. The molecular formula is C16H13Cl2N. The molecule has 0 aliphatic heterocycles. The molecule has 3 rings (SSSR count). The molecule has 0 saturated heterocycles. The highest BCUT2D eigenvalue weighted by atomic mass is 35.5. The van der Waals surface area contributed by atoms with E-state index in [0.717, 1.165) is 24.1 Å². The van der Waals surface area contributed by atoms with E-state index in [9.17, 15) is 0 Å². The van der Waals surface area contributed by atoms with Crippen LogP contribution in [0.1, 0.15) is 23.1 Å². The molecule has 1 nitrogen and oxygen atoms in total. The maximum atomic E-state index is 6.23. The number of nitrogens with two attached hydrogens (primary N) is 1. The Balaban J connectivity index is 2.06. The van der Waals surface area contributed by atoms with Crippen LogP contribution < -0.4 is 5.73 Å². The van der Waals surface area contributed by atoms with Gasteiger partial charge in [-0.05, 0) is 59.4 Å². The Bertz CT molecular complexity index is 674. The number of rotatable bonds is 1. The number of anilines is 1. The lowest BCUT2D eigenvalue weighted by Gasteiger charge is -2.05. The summed E-state index contributed by atoms with van der Waals surface area (Å²) in [5.41, 5.74) is 11.5. The lowest BCUT2D eigenvalue weighted by atomic mass is 10.0. The normalized spacial score (nSPS) is 15.8. The molecule has 0 radical (unpaired) electrons. The zero-order valence-electron chi connectivity index (χ0n) is 10.3. The molecule has 0 fully saturated rings. The lowest BCUT2D eigenvalue weighted by molar-refractivity contribution is 1.08. The molecule has 0 heterocycles. The van der Waals surface area contributed by atoms with E-state index in [1.807, 2.05) is 18.2 Å². The molecule has 0 saturated carbocycles. The summed E-state index contributed by atoms with van der Waals surface area (Å²) in [7, 11) is 0. The van der Waals surface area contributed by atoms with Gasteiger partial charge in [-0.25, -0.2) is 0 Å². The molecule has 1 aliphatic carbocycles. The van der Waals surface area contributed by atoms with Gasteiger partial charge >= 0.3 is 0 Å². The van der Waals surface area contributed by atoms with E-state index in [0.29, 0.717) is 10.0 Å². The molecule has 19 heavy (non-hydrogen) atoms. The molecule has 1 aliphatic rings. The molecule has 0 amide bonds. The Morgan fingerprint density at radius 3 is 2.74 bits per heavy atom. The second-order valence-electron chi connectivity index (χ2n) is 4.73. The van der Waals surface area contributed by atoms with Crippen molar-refractivity contribution in [1.29, 1.82) is 0 Å². The van der Waals surface area contributed by atoms with Gasteiger partial charge in [0.25, 0.3) is 0 Å². The Kier molecular flexibility index (Phi) is 3.26. The third-order valence-electron chi connectivity index (χ3n) is 3.45. The minimum absolute atomic E-state index is 0.589. The molecule has 0 atom stereocenters. The fourth-order valence-corrected chi connectivity index (χ4v) is 2.87. The van der Waals surface area contributed by atoms with Crippen LogP contribution in [0, 0.1) is 0 Å². The summed E-state index contributed by atoms with van der Waals surface area (Å²) in [6.07, 6.45) is 4.17. The zero-order chi connectivity index (χ0) is 13.4. The number of aryl methyl sites for hydroxylation is 1. The van der Waals surface area contributed by atoms with Crippen molar-refractivity contribution in [3.8, 4) is 0 Å². The van der Waals surface area contributed by atoms with Crippen molar-refractivity contribution < 1.29 is 0 Å². The summed E-state index contributed by atoms with van der Waals surface area (Å²) >= 11 is 12.3. The fourth-order valence-electron chi connectivity index (χ4n) is 2.51. The predicted molar refractivity (Wildman–Crippen MR) is 83.5 cm³/mol. The smallest absolute Gasteiger partial charge is 0.0664 e. The minimum atomic E-state index is 0.589. The van der Waals surface area contributed by atoms with Crippen molar-refractivity contribution >= 4 is 40.5 Å². The quantitative estimate of drug-likeness (QED) is 0.730. The number of nitrogen functional groups attached to an aromatic ring is 1. The number of allylic oxidation sites excluding steroid dienone is 1. The molecule has 96 valence electrons. The van der Waals surface area contributed by atoms with Crippen molar-refractivity contribution in [3.05, 3.63) is 63.1 Å². The topological polar surface area (TPSA) is 26.0 Å². The van der Waals surface area contributed by atoms with Crippen molar-refractivity contribution in [1.82, 2.24) is 0 Å². The van der Waals surface area contributed by atoms with E-state index in [-0.39, 0.29) is 0 Å². The van der Waals surface area contributed by atoms with Crippen molar-refractivity contribution in [2.75, 3.05) is 5.73 Å².